The van der Waals surface area contributed by atoms with Gasteiger partial charge in [0.1, 0.15) is 5.75 Å². The van der Waals surface area contributed by atoms with Crippen molar-refractivity contribution in [1.29, 1.82) is 0 Å². The minimum atomic E-state index is -4.75. The summed E-state index contributed by atoms with van der Waals surface area (Å²) >= 11 is 0. The second-order valence-corrected chi connectivity index (χ2v) is 9.23. The van der Waals surface area contributed by atoms with Crippen LogP contribution >= 0.6 is 24.0 Å². The Morgan fingerprint density at radius 1 is 1.17 bits per heavy atom. The Labute approximate surface area is 183 Å². The number of rotatable bonds is 4. The second kappa shape index (κ2) is 6.15. The molecule has 4 N–H and O–H groups in total. The Morgan fingerprint density at radius 3 is 2.66 bits per heavy atom. The Morgan fingerprint density at radius 2 is 1.90 bits per heavy atom. The first-order valence-electron chi connectivity index (χ1n) is 9.91. The van der Waals surface area contributed by atoms with Crippen LogP contribution in [0.25, 0.3) is 0 Å². The van der Waals surface area contributed by atoms with Crippen molar-refractivity contribution in [3.05, 3.63) is 24.3 Å². The molecule has 29 heavy (non-hydrogen) atoms. The summed E-state index contributed by atoms with van der Waals surface area (Å²) in [6.07, 6.45) is -2.18. The molecule has 6 rings (SSSR count). The fraction of sp³-hybridized carbons (Fsp3) is 0.650. The van der Waals surface area contributed by atoms with Gasteiger partial charge in [0.05, 0.1) is 12.1 Å². The average Bonchev–Trinajstić information content (AvgIpc) is 3.11. The molecule has 9 heteroatoms. The third-order valence-electron chi connectivity index (χ3n) is 8.36. The Balaban J connectivity index is 0.00000181. The molecule has 0 radical (unpaired) electrons. The number of fused-ring (bicyclic) bond motifs is 2. The first-order valence-corrected chi connectivity index (χ1v) is 9.91. The molecule has 158 valence electrons. The number of anilines is 1. The molecule has 9 unspecified atom stereocenters. The van der Waals surface area contributed by atoms with Crippen LogP contribution in [0, 0.1) is 47.3 Å². The number of nitrogens with one attached hydrogen (secondary N) is 1. The maximum atomic E-state index is 12.4. The van der Waals surface area contributed by atoms with Crippen molar-refractivity contribution in [2.24, 2.45) is 58.1 Å². The number of aliphatic imine (C=N–C) groups is 1. The summed E-state index contributed by atoms with van der Waals surface area (Å²) < 4.78 is 41.0. The van der Waals surface area contributed by atoms with Gasteiger partial charge in [0.2, 0.25) is 0 Å². The number of aliphatic hydroxyl groups is 1. The molecular weight excluding hydrogens is 498 g/mol. The Kier molecular flexibility index (Phi) is 4.18. The zero-order chi connectivity index (χ0) is 19.4. The number of ether oxygens (including phenoxy) is 1. The monoisotopic (exact) mass is 521 g/mol. The summed E-state index contributed by atoms with van der Waals surface area (Å²) in [5.74, 6) is 4.81. The van der Waals surface area contributed by atoms with E-state index in [1.165, 1.54) is 31.0 Å². The molecule has 0 amide bonds. The highest BCUT2D eigenvalue weighted by atomic mass is 127. The molecule has 9 atom stereocenters. The number of hydrogen-bond acceptors (Lipinski definition) is 3. The molecule has 2 bridgehead atoms. The fourth-order valence-corrected chi connectivity index (χ4v) is 8.11. The minimum absolute atomic E-state index is 0. The standard InChI is InChI=1S/C20H22F3N3O2.HI/c21-20(22,23)28-9-3-1-2-8(4-9)26-18(24)25-7-19(27)16-11-6-12-14-10(11)5-13(16)15(14)17(12)19;/h1-4,10-17,27H,5-7H2,(H3,24,25,26);1H. The van der Waals surface area contributed by atoms with Crippen LogP contribution in [0.15, 0.2) is 29.3 Å². The molecule has 1 aromatic rings. The van der Waals surface area contributed by atoms with Crippen LogP contribution in [-0.4, -0.2) is 29.6 Å². The molecule has 1 aromatic carbocycles. The highest BCUT2D eigenvalue weighted by molar-refractivity contribution is 14.0. The predicted molar refractivity (Wildman–Crippen MR) is 111 cm³/mol. The van der Waals surface area contributed by atoms with Gasteiger partial charge in [-0.15, -0.1) is 37.1 Å². The second-order valence-electron chi connectivity index (χ2n) is 9.23. The van der Waals surface area contributed by atoms with Crippen LogP contribution in [-0.2, 0) is 0 Å². The maximum Gasteiger partial charge on any atom is 0.573 e. The zero-order valence-electron chi connectivity index (χ0n) is 15.5. The van der Waals surface area contributed by atoms with E-state index < -0.39 is 12.0 Å². The van der Waals surface area contributed by atoms with Crippen molar-refractivity contribution in [1.82, 2.24) is 0 Å². The number of nitrogens with zero attached hydrogens (tertiary/aromatic N) is 1. The van der Waals surface area contributed by atoms with Crippen molar-refractivity contribution < 1.29 is 23.0 Å². The van der Waals surface area contributed by atoms with Gasteiger partial charge in [0, 0.05) is 11.8 Å². The van der Waals surface area contributed by atoms with E-state index in [1.807, 2.05) is 0 Å². The third kappa shape index (κ3) is 2.58. The van der Waals surface area contributed by atoms with Crippen molar-refractivity contribution in [3.8, 4) is 5.75 Å². The van der Waals surface area contributed by atoms with Crippen LogP contribution < -0.4 is 15.8 Å². The summed E-state index contributed by atoms with van der Waals surface area (Å²) in [6, 6.07) is 5.47. The molecule has 5 aliphatic carbocycles. The smallest absolute Gasteiger partial charge is 0.406 e. The molecule has 0 aromatic heterocycles. The lowest BCUT2D eigenvalue weighted by Gasteiger charge is -2.51. The lowest BCUT2D eigenvalue weighted by Crippen LogP contribution is -2.56. The quantitative estimate of drug-likeness (QED) is 0.323. The molecule has 0 aliphatic heterocycles. The van der Waals surface area contributed by atoms with Crippen molar-refractivity contribution in [3.63, 3.8) is 0 Å². The Hall–Kier alpha value is -1.23. The van der Waals surface area contributed by atoms with Crippen molar-refractivity contribution in [2.75, 3.05) is 11.9 Å². The molecule has 0 saturated heterocycles. The Bertz CT molecular complexity index is 875. The number of guanidine groups is 1. The molecule has 5 fully saturated rings. The fourth-order valence-electron chi connectivity index (χ4n) is 8.11. The first-order chi connectivity index (χ1) is 13.3. The predicted octanol–water partition coefficient (Wildman–Crippen LogP) is 3.44. The summed E-state index contributed by atoms with van der Waals surface area (Å²) in [5, 5.41) is 14.3. The SMILES string of the molecule is I.NC(=NCC1(O)C2C3CC4C5C3CC2C5C41)Nc1cccc(OC(F)(F)F)c1. The number of halogens is 4. The highest BCUT2D eigenvalue weighted by Crippen LogP contribution is 2.85. The summed E-state index contributed by atoms with van der Waals surface area (Å²) in [7, 11) is 0. The topological polar surface area (TPSA) is 79.9 Å². The lowest BCUT2D eigenvalue weighted by atomic mass is 9.56. The van der Waals surface area contributed by atoms with Gasteiger partial charge in [-0.05, 0) is 72.3 Å². The number of benzene rings is 1. The van der Waals surface area contributed by atoms with Crippen LogP contribution in [0.2, 0.25) is 0 Å². The minimum Gasteiger partial charge on any atom is -0.406 e. The van der Waals surface area contributed by atoms with Gasteiger partial charge < -0.3 is 20.9 Å². The van der Waals surface area contributed by atoms with Gasteiger partial charge in [-0.25, -0.2) is 0 Å². The van der Waals surface area contributed by atoms with Crippen LogP contribution in [0.3, 0.4) is 0 Å². The summed E-state index contributed by atoms with van der Waals surface area (Å²) in [5.41, 5.74) is 5.56. The molecule has 5 saturated carbocycles. The summed E-state index contributed by atoms with van der Waals surface area (Å²) in [6.45, 7) is 0.263. The van der Waals surface area contributed by atoms with E-state index in [0.717, 1.165) is 11.8 Å². The van der Waals surface area contributed by atoms with Gasteiger partial charge in [-0.3, -0.25) is 4.99 Å². The van der Waals surface area contributed by atoms with Crippen molar-refractivity contribution >= 4 is 35.6 Å². The van der Waals surface area contributed by atoms with E-state index >= 15 is 0 Å². The number of nitrogens with two attached hydrogens (primary N) is 1. The first kappa shape index (κ1) is 19.7. The van der Waals surface area contributed by atoms with Gasteiger partial charge in [-0.1, -0.05) is 6.07 Å². The van der Waals surface area contributed by atoms with Gasteiger partial charge in [0.25, 0.3) is 0 Å². The normalized spacial score (nSPS) is 45.3. The third-order valence-corrected chi connectivity index (χ3v) is 8.36. The summed E-state index contributed by atoms with van der Waals surface area (Å²) in [4.78, 5) is 4.39. The van der Waals surface area contributed by atoms with E-state index in [-0.39, 0.29) is 42.2 Å². The van der Waals surface area contributed by atoms with E-state index in [0.29, 0.717) is 41.2 Å². The van der Waals surface area contributed by atoms with Gasteiger partial charge in [-0.2, -0.15) is 0 Å². The molecule has 5 aliphatic rings. The van der Waals surface area contributed by atoms with E-state index in [1.54, 1.807) is 6.07 Å². The zero-order valence-corrected chi connectivity index (χ0v) is 17.8. The van der Waals surface area contributed by atoms with Crippen LogP contribution in [0.5, 0.6) is 5.75 Å². The van der Waals surface area contributed by atoms with Gasteiger partial charge in [0.15, 0.2) is 5.96 Å². The molecule has 0 spiro atoms. The number of hydrogen-bond donors (Lipinski definition) is 3. The molecule has 5 nitrogen and oxygen atoms in total. The van der Waals surface area contributed by atoms with Crippen molar-refractivity contribution in [2.45, 2.75) is 24.8 Å². The molecular formula is C20H23F3IN3O2. The highest BCUT2D eigenvalue weighted by Gasteiger charge is 2.84. The van der Waals surface area contributed by atoms with Crippen LogP contribution in [0.1, 0.15) is 12.8 Å². The van der Waals surface area contributed by atoms with E-state index in [9.17, 15) is 18.3 Å². The molecule has 0 heterocycles. The van der Waals surface area contributed by atoms with E-state index in [4.69, 9.17) is 5.73 Å². The average molecular weight is 521 g/mol. The maximum absolute atomic E-state index is 12.4. The van der Waals surface area contributed by atoms with Gasteiger partial charge >= 0.3 is 6.36 Å². The van der Waals surface area contributed by atoms with Crippen LogP contribution in [0.4, 0.5) is 18.9 Å². The largest absolute Gasteiger partial charge is 0.573 e. The lowest BCUT2D eigenvalue weighted by molar-refractivity contribution is -0.274. The van der Waals surface area contributed by atoms with E-state index in [2.05, 4.69) is 15.0 Å². The number of alkyl halides is 3.